The summed E-state index contributed by atoms with van der Waals surface area (Å²) in [6, 6.07) is 2.65. The van der Waals surface area contributed by atoms with E-state index in [2.05, 4.69) is 26.1 Å². The van der Waals surface area contributed by atoms with Gasteiger partial charge in [0.1, 0.15) is 17.2 Å². The van der Waals surface area contributed by atoms with Crippen molar-refractivity contribution in [1.82, 2.24) is 5.32 Å². The number of carboxylic acid groups (broad SMARTS) is 1. The number of furan rings is 1. The van der Waals surface area contributed by atoms with Crippen LogP contribution in [0, 0.1) is 6.92 Å². The Bertz CT molecular complexity index is 1190. The van der Waals surface area contributed by atoms with Gasteiger partial charge < -0.3 is 19.3 Å². The van der Waals surface area contributed by atoms with Crippen molar-refractivity contribution in [2.24, 2.45) is 0 Å². The molecule has 0 fully saturated rings. The third-order valence-corrected chi connectivity index (χ3v) is 5.61. The zero-order valence-electron chi connectivity index (χ0n) is 18.6. The van der Waals surface area contributed by atoms with Crippen molar-refractivity contribution in [3.63, 3.8) is 0 Å². The number of hydrogen-bond donors (Lipinski definition) is 2. The van der Waals surface area contributed by atoms with Gasteiger partial charge in [0.15, 0.2) is 0 Å². The molecular formula is C24H29NO6. The summed E-state index contributed by atoms with van der Waals surface area (Å²) < 4.78 is 11.2. The van der Waals surface area contributed by atoms with Crippen LogP contribution in [0.2, 0.25) is 0 Å². The van der Waals surface area contributed by atoms with Crippen molar-refractivity contribution >= 4 is 33.8 Å². The van der Waals surface area contributed by atoms with E-state index < -0.39 is 23.5 Å². The van der Waals surface area contributed by atoms with E-state index in [0.29, 0.717) is 29.6 Å². The van der Waals surface area contributed by atoms with Crippen LogP contribution >= 0.6 is 0 Å². The van der Waals surface area contributed by atoms with E-state index in [4.69, 9.17) is 8.83 Å². The van der Waals surface area contributed by atoms with Gasteiger partial charge in [0.25, 0.3) is 0 Å². The Kier molecular flexibility index (Phi) is 6.25. The van der Waals surface area contributed by atoms with Crippen LogP contribution in [0.1, 0.15) is 63.6 Å². The lowest BCUT2D eigenvalue weighted by Crippen LogP contribution is -2.42. The minimum absolute atomic E-state index is 0.129. The first-order chi connectivity index (χ1) is 14.5. The quantitative estimate of drug-likeness (QED) is 0.539. The fraction of sp³-hybridized carbons (Fsp3) is 0.458. The number of amides is 1. The minimum Gasteiger partial charge on any atom is -0.480 e. The molecule has 0 bridgehead atoms. The Morgan fingerprint density at radius 2 is 1.87 bits per heavy atom. The summed E-state index contributed by atoms with van der Waals surface area (Å²) in [6.45, 7) is 9.99. The summed E-state index contributed by atoms with van der Waals surface area (Å²) >= 11 is 0. The fourth-order valence-corrected chi connectivity index (χ4v) is 3.77. The number of aliphatic carboxylic acids is 1. The summed E-state index contributed by atoms with van der Waals surface area (Å²) in [7, 11) is 0. The number of carbonyl (C=O) groups excluding carboxylic acids is 1. The predicted molar refractivity (Wildman–Crippen MR) is 118 cm³/mol. The Morgan fingerprint density at radius 1 is 1.16 bits per heavy atom. The van der Waals surface area contributed by atoms with Gasteiger partial charge in [-0.25, -0.2) is 9.59 Å². The van der Waals surface area contributed by atoms with E-state index in [1.165, 1.54) is 0 Å². The number of nitrogens with one attached hydrogen (secondary N) is 1. The van der Waals surface area contributed by atoms with Gasteiger partial charge in [-0.05, 0) is 30.4 Å². The van der Waals surface area contributed by atoms with Crippen LogP contribution in [0.15, 0.2) is 32.0 Å². The molecule has 0 unspecified atom stereocenters. The molecule has 1 aromatic carbocycles. The smallest absolute Gasteiger partial charge is 0.340 e. The Labute approximate surface area is 180 Å². The molecule has 31 heavy (non-hydrogen) atoms. The van der Waals surface area contributed by atoms with Crippen molar-refractivity contribution in [1.29, 1.82) is 0 Å². The molecular weight excluding hydrogens is 398 g/mol. The van der Waals surface area contributed by atoms with Gasteiger partial charge in [0, 0.05) is 22.4 Å². The molecule has 2 heterocycles. The molecule has 0 spiro atoms. The monoisotopic (exact) mass is 427 g/mol. The largest absolute Gasteiger partial charge is 0.480 e. The molecule has 0 saturated heterocycles. The Morgan fingerprint density at radius 3 is 2.48 bits per heavy atom. The molecule has 7 nitrogen and oxygen atoms in total. The summed E-state index contributed by atoms with van der Waals surface area (Å²) in [5.74, 6) is -1.60. The van der Waals surface area contributed by atoms with Gasteiger partial charge in [0.05, 0.1) is 18.2 Å². The average molecular weight is 427 g/mol. The van der Waals surface area contributed by atoms with E-state index in [1.54, 1.807) is 19.3 Å². The van der Waals surface area contributed by atoms with Gasteiger partial charge in [-0.15, -0.1) is 0 Å². The van der Waals surface area contributed by atoms with Crippen LogP contribution in [0.5, 0.6) is 0 Å². The molecule has 2 aromatic heterocycles. The highest BCUT2D eigenvalue weighted by molar-refractivity contribution is 5.97. The average Bonchev–Trinajstić information content (AvgIpc) is 3.10. The van der Waals surface area contributed by atoms with Crippen LogP contribution < -0.4 is 10.9 Å². The van der Waals surface area contributed by atoms with E-state index in [9.17, 15) is 19.5 Å². The summed E-state index contributed by atoms with van der Waals surface area (Å²) in [6.07, 6.45) is 3.33. The highest BCUT2D eigenvalue weighted by atomic mass is 16.4. The maximum Gasteiger partial charge on any atom is 0.340 e. The third-order valence-electron chi connectivity index (χ3n) is 5.61. The van der Waals surface area contributed by atoms with Crippen LogP contribution in [0.4, 0.5) is 0 Å². The maximum absolute atomic E-state index is 12.6. The normalized spacial score (nSPS) is 12.9. The van der Waals surface area contributed by atoms with Crippen LogP contribution in [-0.4, -0.2) is 23.0 Å². The van der Waals surface area contributed by atoms with Crippen LogP contribution in [-0.2, 0) is 21.4 Å². The number of carbonyl (C=O) groups is 2. The maximum atomic E-state index is 12.6. The van der Waals surface area contributed by atoms with Crippen LogP contribution in [0.25, 0.3) is 21.9 Å². The molecule has 7 heteroatoms. The first kappa shape index (κ1) is 22.6. The minimum atomic E-state index is -1.08. The van der Waals surface area contributed by atoms with Crippen molar-refractivity contribution in [2.45, 2.75) is 71.8 Å². The van der Waals surface area contributed by atoms with Crippen molar-refractivity contribution in [2.75, 3.05) is 0 Å². The zero-order valence-corrected chi connectivity index (χ0v) is 18.6. The molecule has 2 N–H and O–H groups in total. The SMILES string of the molecule is CCCC[C@@H](NC(=O)Cc1c(C)c2cc3c(C(C)(C)C)coc3cc2oc1=O)C(=O)O. The molecule has 0 radical (unpaired) electrons. The molecule has 3 aromatic rings. The highest BCUT2D eigenvalue weighted by Gasteiger charge is 2.24. The van der Waals surface area contributed by atoms with Gasteiger partial charge in [0.2, 0.25) is 5.91 Å². The molecule has 1 amide bonds. The molecule has 0 aliphatic heterocycles. The van der Waals surface area contributed by atoms with Crippen molar-refractivity contribution in [3.8, 4) is 0 Å². The first-order valence-corrected chi connectivity index (χ1v) is 10.5. The topological polar surface area (TPSA) is 110 Å². The summed E-state index contributed by atoms with van der Waals surface area (Å²) in [5, 5.41) is 13.5. The summed E-state index contributed by atoms with van der Waals surface area (Å²) in [5.41, 5.74) is 2.19. The second kappa shape index (κ2) is 8.57. The van der Waals surface area contributed by atoms with E-state index in [-0.39, 0.29) is 17.4 Å². The number of benzene rings is 1. The Hall–Kier alpha value is -3.09. The van der Waals surface area contributed by atoms with Crippen molar-refractivity contribution in [3.05, 3.63) is 45.5 Å². The second-order valence-corrected chi connectivity index (χ2v) is 9.01. The van der Waals surface area contributed by atoms with Gasteiger partial charge in [-0.2, -0.15) is 0 Å². The van der Waals surface area contributed by atoms with E-state index in [1.807, 2.05) is 13.0 Å². The lowest BCUT2D eigenvalue weighted by molar-refractivity contribution is -0.142. The predicted octanol–water partition coefficient (Wildman–Crippen LogP) is 4.45. The van der Waals surface area contributed by atoms with Crippen LogP contribution in [0.3, 0.4) is 0 Å². The fourth-order valence-electron chi connectivity index (χ4n) is 3.77. The number of aryl methyl sites for hydroxylation is 1. The number of rotatable bonds is 7. The molecule has 1 atom stereocenters. The van der Waals surface area contributed by atoms with Gasteiger partial charge in [-0.1, -0.05) is 40.5 Å². The highest BCUT2D eigenvalue weighted by Crippen LogP contribution is 2.35. The number of unbranched alkanes of at least 4 members (excludes halogenated alkanes) is 1. The molecule has 3 rings (SSSR count). The third kappa shape index (κ3) is 4.65. The number of fused-ring (bicyclic) bond motifs is 2. The summed E-state index contributed by atoms with van der Waals surface area (Å²) in [4.78, 5) is 36.5. The van der Waals surface area contributed by atoms with E-state index >= 15 is 0 Å². The van der Waals surface area contributed by atoms with Gasteiger partial charge >= 0.3 is 11.6 Å². The van der Waals surface area contributed by atoms with E-state index in [0.717, 1.165) is 22.8 Å². The number of hydrogen-bond acceptors (Lipinski definition) is 5. The molecule has 0 saturated carbocycles. The molecule has 166 valence electrons. The van der Waals surface area contributed by atoms with Crippen molar-refractivity contribution < 1.29 is 23.5 Å². The Balaban J connectivity index is 1.99. The molecule has 0 aliphatic rings. The first-order valence-electron chi connectivity index (χ1n) is 10.5. The lowest BCUT2D eigenvalue weighted by Gasteiger charge is -2.17. The number of carboxylic acids is 1. The zero-order chi connectivity index (χ0) is 22.9. The van der Waals surface area contributed by atoms with Gasteiger partial charge in [-0.3, -0.25) is 4.79 Å². The standard InChI is InChI=1S/C24H29NO6/c1-6-7-8-18(22(27)28)25-21(26)10-15-13(2)14-9-16-17(24(3,4)5)12-30-19(16)11-20(14)31-23(15)29/h9,11-12,18H,6-8,10H2,1-5H3,(H,25,26)(H,27,28)/t18-/m1/s1. The molecule has 0 aliphatic carbocycles. The second-order valence-electron chi connectivity index (χ2n) is 9.01. The lowest BCUT2D eigenvalue weighted by atomic mass is 9.86.